The van der Waals surface area contributed by atoms with Gasteiger partial charge in [-0.1, -0.05) is 17.7 Å². The van der Waals surface area contributed by atoms with Crippen molar-refractivity contribution in [1.29, 1.82) is 0 Å². The number of benzene rings is 1. The van der Waals surface area contributed by atoms with Gasteiger partial charge in [0.05, 0.1) is 16.6 Å². The fourth-order valence-corrected chi connectivity index (χ4v) is 7.50. The summed E-state index contributed by atoms with van der Waals surface area (Å²) in [5.41, 5.74) is 9.61. The normalized spacial score (nSPS) is 28.4. The molecule has 2 aromatic heterocycles. The van der Waals surface area contributed by atoms with Crippen LogP contribution in [0.4, 0.5) is 0 Å². The Kier molecular flexibility index (Phi) is 4.48. The number of nitrogens with one attached hydrogen (secondary N) is 1. The first kappa shape index (κ1) is 20.0. The zero-order valence-electron chi connectivity index (χ0n) is 18.0. The van der Waals surface area contributed by atoms with Gasteiger partial charge in [-0.2, -0.15) is 0 Å². The lowest BCUT2D eigenvalue weighted by atomic mass is 9.50. The smallest absolute Gasteiger partial charge is 0.268 e. The summed E-state index contributed by atoms with van der Waals surface area (Å²) in [5, 5.41) is 1.01. The summed E-state index contributed by atoms with van der Waals surface area (Å²) in [6, 6.07) is 7.45. The summed E-state index contributed by atoms with van der Waals surface area (Å²) < 4.78 is 0. The number of aromatic nitrogens is 2. The summed E-state index contributed by atoms with van der Waals surface area (Å²) in [7, 11) is 0. The number of aromatic amines is 1. The first-order valence-electron chi connectivity index (χ1n) is 11.5. The number of carbonyl (C=O) groups excluding carboxylic acids is 1. The first-order valence-corrected chi connectivity index (χ1v) is 11.9. The molecular weight excluding hydrogens is 422 g/mol. The third kappa shape index (κ3) is 3.01. The van der Waals surface area contributed by atoms with Crippen molar-refractivity contribution in [2.24, 2.45) is 29.4 Å². The molecule has 6 heteroatoms. The van der Waals surface area contributed by atoms with Gasteiger partial charge in [-0.15, -0.1) is 0 Å². The SMILES string of the molecule is Cc1cc(C2C3CC4CC(C3)CC2C4)c(Cl)cc1-c1cc(=O)c2c(C(N)=O)nccc2[nH]1. The molecule has 4 saturated carbocycles. The Hall–Kier alpha value is -2.66. The van der Waals surface area contributed by atoms with Gasteiger partial charge in [-0.05, 0) is 91.9 Å². The quantitative estimate of drug-likeness (QED) is 0.578. The monoisotopic (exact) mass is 447 g/mol. The highest BCUT2D eigenvalue weighted by molar-refractivity contribution is 6.31. The van der Waals surface area contributed by atoms with Gasteiger partial charge in [0.2, 0.25) is 0 Å². The second kappa shape index (κ2) is 7.17. The average Bonchev–Trinajstić information content (AvgIpc) is 2.74. The molecule has 0 saturated heterocycles. The molecule has 1 aromatic carbocycles. The molecule has 0 radical (unpaired) electrons. The Balaban J connectivity index is 1.43. The van der Waals surface area contributed by atoms with E-state index in [1.165, 1.54) is 49.9 Å². The summed E-state index contributed by atoms with van der Waals surface area (Å²) in [5.74, 6) is 3.21. The molecule has 0 aliphatic heterocycles. The number of pyridine rings is 2. The molecule has 4 aliphatic rings. The Morgan fingerprint density at radius 2 is 1.78 bits per heavy atom. The predicted molar refractivity (Wildman–Crippen MR) is 126 cm³/mol. The van der Waals surface area contributed by atoms with Crippen molar-refractivity contribution in [2.75, 3.05) is 0 Å². The molecule has 4 bridgehead atoms. The highest BCUT2D eigenvalue weighted by atomic mass is 35.5. The number of nitrogens with zero attached hydrogens (tertiary/aromatic N) is 1. The number of amides is 1. The molecular formula is C26H26ClN3O2. The minimum absolute atomic E-state index is 0.0118. The van der Waals surface area contributed by atoms with Crippen molar-refractivity contribution in [3.05, 3.63) is 62.5 Å². The number of hydrogen-bond donors (Lipinski definition) is 2. The van der Waals surface area contributed by atoms with Crippen LogP contribution in [0.2, 0.25) is 5.02 Å². The Morgan fingerprint density at radius 1 is 1.09 bits per heavy atom. The van der Waals surface area contributed by atoms with Crippen molar-refractivity contribution in [3.63, 3.8) is 0 Å². The number of H-pyrrole nitrogens is 1. The van der Waals surface area contributed by atoms with Crippen molar-refractivity contribution >= 4 is 28.4 Å². The van der Waals surface area contributed by atoms with Crippen LogP contribution in [0.3, 0.4) is 0 Å². The number of hydrogen-bond acceptors (Lipinski definition) is 3. The standard InChI is InChI=1S/C26H26ClN3O2/c1-12-4-18(23-15-6-13-5-14(8-15)9-16(23)7-13)19(27)10-17(12)21-11-22(31)24-20(30-21)2-3-29-25(24)26(28)32/h2-4,10-11,13-16,23H,5-9H2,1H3,(H2,28,32)(H,30,31). The lowest BCUT2D eigenvalue weighted by molar-refractivity contribution is -0.00275. The molecule has 4 aliphatic carbocycles. The lowest BCUT2D eigenvalue weighted by Gasteiger charge is -2.54. The van der Waals surface area contributed by atoms with Crippen LogP contribution in [0.15, 0.2) is 35.3 Å². The molecule has 4 fully saturated rings. The maximum Gasteiger partial charge on any atom is 0.268 e. The summed E-state index contributed by atoms with van der Waals surface area (Å²) >= 11 is 6.91. The maximum atomic E-state index is 12.9. The van der Waals surface area contributed by atoms with Crippen LogP contribution in [0.5, 0.6) is 0 Å². The zero-order valence-corrected chi connectivity index (χ0v) is 18.8. The van der Waals surface area contributed by atoms with Gasteiger partial charge in [-0.3, -0.25) is 14.6 Å². The van der Waals surface area contributed by atoms with Crippen LogP contribution in [0, 0.1) is 30.6 Å². The van der Waals surface area contributed by atoms with E-state index < -0.39 is 5.91 Å². The van der Waals surface area contributed by atoms with Crippen LogP contribution in [0.25, 0.3) is 22.2 Å². The van der Waals surface area contributed by atoms with Gasteiger partial charge in [0, 0.05) is 22.8 Å². The summed E-state index contributed by atoms with van der Waals surface area (Å²) in [6.07, 6.45) is 8.32. The Bertz CT molecular complexity index is 1300. The Morgan fingerprint density at radius 3 is 2.44 bits per heavy atom. The van der Waals surface area contributed by atoms with Crippen LogP contribution >= 0.6 is 11.6 Å². The van der Waals surface area contributed by atoms with Crippen LogP contribution < -0.4 is 11.2 Å². The van der Waals surface area contributed by atoms with Gasteiger partial charge in [0.1, 0.15) is 5.69 Å². The molecule has 5 nitrogen and oxygen atoms in total. The van der Waals surface area contributed by atoms with Crippen molar-refractivity contribution in [2.45, 2.75) is 44.9 Å². The summed E-state index contributed by atoms with van der Waals surface area (Å²) in [6.45, 7) is 2.08. The van der Waals surface area contributed by atoms with E-state index >= 15 is 0 Å². The molecule has 0 atom stereocenters. The number of nitrogens with two attached hydrogens (primary N) is 1. The third-order valence-corrected chi connectivity index (χ3v) is 8.52. The van der Waals surface area contributed by atoms with E-state index in [-0.39, 0.29) is 16.5 Å². The molecule has 32 heavy (non-hydrogen) atoms. The minimum atomic E-state index is -0.715. The number of rotatable bonds is 3. The molecule has 2 heterocycles. The Labute approximate surface area is 191 Å². The number of carbonyl (C=O) groups is 1. The molecule has 1 amide bonds. The molecule has 0 unspecified atom stereocenters. The van der Waals surface area contributed by atoms with Gasteiger partial charge in [-0.25, -0.2) is 0 Å². The second-order valence-corrected chi connectivity index (χ2v) is 10.5. The minimum Gasteiger partial charge on any atom is -0.364 e. The van der Waals surface area contributed by atoms with Crippen molar-refractivity contribution in [3.8, 4) is 11.3 Å². The molecule has 0 spiro atoms. The van der Waals surface area contributed by atoms with Gasteiger partial charge < -0.3 is 10.7 Å². The van der Waals surface area contributed by atoms with E-state index in [2.05, 4.69) is 23.0 Å². The topological polar surface area (TPSA) is 88.8 Å². The third-order valence-electron chi connectivity index (χ3n) is 8.20. The van der Waals surface area contributed by atoms with Crippen molar-refractivity contribution < 1.29 is 4.79 Å². The molecule has 164 valence electrons. The number of primary amides is 1. The largest absolute Gasteiger partial charge is 0.364 e. The highest BCUT2D eigenvalue weighted by Crippen LogP contribution is 2.60. The predicted octanol–water partition coefficient (Wildman–Crippen LogP) is 5.19. The zero-order chi connectivity index (χ0) is 22.1. The van der Waals surface area contributed by atoms with E-state index in [1.54, 1.807) is 6.07 Å². The highest BCUT2D eigenvalue weighted by Gasteiger charge is 2.49. The number of aryl methyl sites for hydroxylation is 1. The lowest BCUT2D eigenvalue weighted by Crippen LogP contribution is -2.43. The van der Waals surface area contributed by atoms with E-state index in [9.17, 15) is 9.59 Å². The number of fused-ring (bicyclic) bond motifs is 1. The van der Waals surface area contributed by atoms with Crippen LogP contribution in [-0.4, -0.2) is 15.9 Å². The fraction of sp³-hybridized carbons (Fsp3) is 0.423. The van der Waals surface area contributed by atoms with Crippen LogP contribution in [-0.2, 0) is 0 Å². The van der Waals surface area contributed by atoms with E-state index in [0.29, 0.717) is 17.1 Å². The van der Waals surface area contributed by atoms with Crippen LogP contribution in [0.1, 0.15) is 59.6 Å². The molecule has 3 aromatic rings. The fourth-order valence-electron chi connectivity index (χ4n) is 7.21. The van der Waals surface area contributed by atoms with Gasteiger partial charge in [0.15, 0.2) is 5.43 Å². The van der Waals surface area contributed by atoms with Gasteiger partial charge >= 0.3 is 0 Å². The molecule has 3 N–H and O–H groups in total. The second-order valence-electron chi connectivity index (χ2n) is 10.1. The van der Waals surface area contributed by atoms with E-state index in [4.69, 9.17) is 17.3 Å². The first-order chi connectivity index (χ1) is 15.4. The molecule has 7 rings (SSSR count). The van der Waals surface area contributed by atoms with E-state index in [1.807, 2.05) is 6.07 Å². The number of halogens is 1. The van der Waals surface area contributed by atoms with Gasteiger partial charge in [0.25, 0.3) is 5.91 Å². The maximum absolute atomic E-state index is 12.9. The van der Waals surface area contributed by atoms with Crippen molar-refractivity contribution in [1.82, 2.24) is 9.97 Å². The summed E-state index contributed by atoms with van der Waals surface area (Å²) in [4.78, 5) is 31.9. The van der Waals surface area contributed by atoms with E-state index in [0.717, 1.165) is 39.8 Å². The average molecular weight is 448 g/mol.